The van der Waals surface area contributed by atoms with Crippen LogP contribution in [0.2, 0.25) is 15.1 Å². The van der Waals surface area contributed by atoms with Crippen molar-refractivity contribution in [3.63, 3.8) is 0 Å². The Morgan fingerprint density at radius 1 is 1.00 bits per heavy atom. The molecule has 0 fully saturated rings. The average molecular weight is 305 g/mol. The van der Waals surface area contributed by atoms with Crippen LogP contribution in [0.25, 0.3) is 11.1 Å². The first kappa shape index (κ1) is 13.5. The molecule has 2 rings (SSSR count). The monoisotopic (exact) mass is 303 g/mol. The van der Waals surface area contributed by atoms with Gasteiger partial charge in [0.25, 0.3) is 0 Å². The average Bonchev–Trinajstić information content (AvgIpc) is 2.28. The van der Waals surface area contributed by atoms with Crippen molar-refractivity contribution in [3.8, 4) is 11.1 Å². The van der Waals surface area contributed by atoms with E-state index in [1.807, 2.05) is 0 Å². The molecule has 0 heterocycles. The molecular formula is C13H9Cl3FN. The van der Waals surface area contributed by atoms with E-state index in [1.54, 1.807) is 31.3 Å². The second-order valence-corrected chi connectivity index (χ2v) is 4.88. The largest absolute Gasteiger partial charge is 0.385 e. The molecule has 0 saturated carbocycles. The van der Waals surface area contributed by atoms with Crippen LogP contribution in [-0.4, -0.2) is 7.05 Å². The number of nitrogens with one attached hydrogen (secondary N) is 1. The zero-order valence-corrected chi connectivity index (χ0v) is 11.7. The summed E-state index contributed by atoms with van der Waals surface area (Å²) in [5.74, 6) is -0.448. The summed E-state index contributed by atoms with van der Waals surface area (Å²) < 4.78 is 13.8. The van der Waals surface area contributed by atoms with Crippen molar-refractivity contribution in [2.45, 2.75) is 0 Å². The lowest BCUT2D eigenvalue weighted by molar-refractivity contribution is 0.632. The summed E-state index contributed by atoms with van der Waals surface area (Å²) in [6.07, 6.45) is 0. The molecule has 0 aliphatic carbocycles. The van der Waals surface area contributed by atoms with E-state index in [0.717, 1.165) is 0 Å². The molecule has 0 atom stereocenters. The predicted molar refractivity (Wildman–Crippen MR) is 76.4 cm³/mol. The molecular weight excluding hydrogens is 296 g/mol. The maximum Gasteiger partial charge on any atom is 0.148 e. The minimum atomic E-state index is -0.448. The third-order valence-corrected chi connectivity index (χ3v) is 3.47. The Hall–Kier alpha value is -0.960. The molecule has 2 aromatic rings. The van der Waals surface area contributed by atoms with Crippen molar-refractivity contribution < 1.29 is 4.39 Å². The Bertz CT molecular complexity index is 556. The quantitative estimate of drug-likeness (QED) is 0.773. The van der Waals surface area contributed by atoms with Gasteiger partial charge in [-0.25, -0.2) is 4.39 Å². The van der Waals surface area contributed by atoms with E-state index in [2.05, 4.69) is 5.32 Å². The van der Waals surface area contributed by atoms with Crippen LogP contribution in [-0.2, 0) is 0 Å². The Balaban J connectivity index is 2.66. The molecule has 5 heteroatoms. The van der Waals surface area contributed by atoms with Crippen LogP contribution >= 0.6 is 34.8 Å². The highest BCUT2D eigenvalue weighted by molar-refractivity contribution is 6.39. The Morgan fingerprint density at radius 2 is 1.61 bits per heavy atom. The first-order chi connectivity index (χ1) is 8.54. The lowest BCUT2D eigenvalue weighted by Gasteiger charge is -2.11. The van der Waals surface area contributed by atoms with Gasteiger partial charge in [-0.2, -0.15) is 0 Å². The molecule has 0 bridgehead atoms. The SMILES string of the molecule is CNc1c(F)cc(-c2c(Cl)cccc2Cl)cc1Cl. The van der Waals surface area contributed by atoms with Crippen molar-refractivity contribution in [2.24, 2.45) is 0 Å². The highest BCUT2D eigenvalue weighted by atomic mass is 35.5. The van der Waals surface area contributed by atoms with Gasteiger partial charge in [-0.05, 0) is 29.8 Å². The molecule has 0 unspecified atom stereocenters. The maximum atomic E-state index is 13.8. The zero-order chi connectivity index (χ0) is 13.3. The summed E-state index contributed by atoms with van der Waals surface area (Å²) in [6, 6.07) is 8.10. The fourth-order valence-corrected chi connectivity index (χ4v) is 2.65. The molecule has 0 aliphatic rings. The van der Waals surface area contributed by atoms with Crippen LogP contribution in [0.15, 0.2) is 30.3 Å². The Labute approximate surface area is 119 Å². The van der Waals surface area contributed by atoms with E-state index in [9.17, 15) is 4.39 Å². The van der Waals surface area contributed by atoms with E-state index in [-0.39, 0.29) is 10.7 Å². The van der Waals surface area contributed by atoms with Crippen LogP contribution in [0.3, 0.4) is 0 Å². The molecule has 0 aliphatic heterocycles. The molecule has 0 saturated heterocycles. The molecule has 18 heavy (non-hydrogen) atoms. The van der Waals surface area contributed by atoms with Gasteiger partial charge in [-0.1, -0.05) is 40.9 Å². The molecule has 0 amide bonds. The maximum absolute atomic E-state index is 13.8. The first-order valence-electron chi connectivity index (χ1n) is 5.15. The van der Waals surface area contributed by atoms with E-state index < -0.39 is 5.82 Å². The zero-order valence-electron chi connectivity index (χ0n) is 9.40. The van der Waals surface area contributed by atoms with Gasteiger partial charge in [0.2, 0.25) is 0 Å². The van der Waals surface area contributed by atoms with E-state index in [0.29, 0.717) is 21.2 Å². The van der Waals surface area contributed by atoms with Crippen molar-refractivity contribution in [3.05, 3.63) is 51.2 Å². The number of anilines is 1. The minimum absolute atomic E-state index is 0.253. The first-order valence-corrected chi connectivity index (χ1v) is 6.29. The van der Waals surface area contributed by atoms with E-state index >= 15 is 0 Å². The van der Waals surface area contributed by atoms with Gasteiger partial charge >= 0.3 is 0 Å². The smallest absolute Gasteiger partial charge is 0.148 e. The summed E-state index contributed by atoms with van der Waals surface area (Å²) in [7, 11) is 1.60. The highest BCUT2D eigenvalue weighted by Gasteiger charge is 2.13. The van der Waals surface area contributed by atoms with Crippen LogP contribution in [0.5, 0.6) is 0 Å². The Morgan fingerprint density at radius 3 is 2.11 bits per heavy atom. The van der Waals surface area contributed by atoms with Gasteiger partial charge < -0.3 is 5.32 Å². The number of hydrogen-bond donors (Lipinski definition) is 1. The number of halogens is 4. The van der Waals surface area contributed by atoms with Crippen molar-refractivity contribution in [1.82, 2.24) is 0 Å². The van der Waals surface area contributed by atoms with Gasteiger partial charge in [0.15, 0.2) is 0 Å². The number of rotatable bonds is 2. The molecule has 0 spiro atoms. The van der Waals surface area contributed by atoms with Gasteiger partial charge in [0, 0.05) is 22.7 Å². The van der Waals surface area contributed by atoms with Crippen LogP contribution in [0, 0.1) is 5.82 Å². The normalized spacial score (nSPS) is 10.5. The van der Waals surface area contributed by atoms with Crippen LogP contribution < -0.4 is 5.32 Å². The second-order valence-electron chi connectivity index (χ2n) is 3.66. The van der Waals surface area contributed by atoms with Gasteiger partial charge in [0.05, 0.1) is 10.7 Å². The van der Waals surface area contributed by atoms with Gasteiger partial charge in [-0.3, -0.25) is 0 Å². The summed E-state index contributed by atoms with van der Waals surface area (Å²) in [5, 5.41) is 3.89. The van der Waals surface area contributed by atoms with E-state index in [1.165, 1.54) is 6.07 Å². The van der Waals surface area contributed by atoms with Crippen molar-refractivity contribution >= 4 is 40.5 Å². The summed E-state index contributed by atoms with van der Waals surface area (Å²) >= 11 is 18.2. The fraction of sp³-hybridized carbons (Fsp3) is 0.0769. The van der Waals surface area contributed by atoms with Gasteiger partial charge in [-0.15, -0.1) is 0 Å². The van der Waals surface area contributed by atoms with Crippen molar-refractivity contribution in [1.29, 1.82) is 0 Å². The highest BCUT2D eigenvalue weighted by Crippen LogP contribution is 2.38. The summed E-state index contributed by atoms with van der Waals surface area (Å²) in [5.41, 5.74) is 1.37. The third-order valence-electron chi connectivity index (χ3n) is 2.54. The number of hydrogen-bond acceptors (Lipinski definition) is 1. The molecule has 2 aromatic carbocycles. The molecule has 0 radical (unpaired) electrons. The summed E-state index contributed by atoms with van der Waals surface area (Å²) in [4.78, 5) is 0. The second kappa shape index (κ2) is 5.35. The Kier molecular flexibility index (Phi) is 4.00. The van der Waals surface area contributed by atoms with Crippen LogP contribution in [0.4, 0.5) is 10.1 Å². The molecule has 94 valence electrons. The molecule has 0 aromatic heterocycles. The molecule has 1 N–H and O–H groups in total. The van der Waals surface area contributed by atoms with Crippen LogP contribution in [0.1, 0.15) is 0 Å². The lowest BCUT2D eigenvalue weighted by Crippen LogP contribution is -1.95. The summed E-state index contributed by atoms with van der Waals surface area (Å²) in [6.45, 7) is 0. The fourth-order valence-electron chi connectivity index (χ4n) is 1.73. The van der Waals surface area contributed by atoms with Crippen molar-refractivity contribution in [2.75, 3.05) is 12.4 Å². The predicted octanol–water partition coefficient (Wildman–Crippen LogP) is 5.49. The van der Waals surface area contributed by atoms with E-state index in [4.69, 9.17) is 34.8 Å². The number of benzene rings is 2. The lowest BCUT2D eigenvalue weighted by atomic mass is 10.0. The standard InChI is InChI=1S/C13H9Cl3FN/c1-18-13-10(16)5-7(6-11(13)17)12-8(14)3-2-4-9(12)15/h2-6,18H,1H3. The third kappa shape index (κ3) is 2.41. The topological polar surface area (TPSA) is 12.0 Å². The molecule has 1 nitrogen and oxygen atoms in total. The van der Waals surface area contributed by atoms with Gasteiger partial charge in [0.1, 0.15) is 5.82 Å². The minimum Gasteiger partial charge on any atom is -0.385 e.